The minimum atomic E-state index is 0.724. The van der Waals surface area contributed by atoms with Crippen LogP contribution in [-0.4, -0.2) is 16.1 Å². The Morgan fingerprint density at radius 3 is 2.39 bits per heavy atom. The molecular formula is C19H24N4. The summed E-state index contributed by atoms with van der Waals surface area (Å²) in [5, 5.41) is 0. The number of nitrogens with two attached hydrogens (primary N) is 2. The third-order valence-corrected chi connectivity index (χ3v) is 4.37. The molecule has 120 valence electrons. The van der Waals surface area contributed by atoms with Crippen LogP contribution in [0.1, 0.15) is 24.0 Å². The van der Waals surface area contributed by atoms with Crippen molar-refractivity contribution in [1.29, 1.82) is 0 Å². The van der Waals surface area contributed by atoms with Gasteiger partial charge in [0.1, 0.15) is 5.82 Å². The maximum atomic E-state index is 5.81. The van der Waals surface area contributed by atoms with Crippen LogP contribution in [0.15, 0.2) is 36.4 Å². The SMILES string of the molecule is Cc1cc2nc(-c3ccc(N)cc3)n(CCCCN)c2cc1C. The molecule has 0 aliphatic heterocycles. The highest BCUT2D eigenvalue weighted by atomic mass is 15.1. The Morgan fingerprint density at radius 1 is 1.00 bits per heavy atom. The van der Waals surface area contributed by atoms with Crippen molar-refractivity contribution >= 4 is 16.7 Å². The molecule has 0 bridgehead atoms. The molecule has 0 fully saturated rings. The van der Waals surface area contributed by atoms with Crippen molar-refractivity contribution in [3.05, 3.63) is 47.5 Å². The van der Waals surface area contributed by atoms with Crippen LogP contribution < -0.4 is 11.5 Å². The van der Waals surface area contributed by atoms with Gasteiger partial charge in [-0.1, -0.05) is 0 Å². The Bertz CT molecular complexity index is 815. The number of fused-ring (bicyclic) bond motifs is 1. The maximum Gasteiger partial charge on any atom is 0.141 e. The van der Waals surface area contributed by atoms with Gasteiger partial charge in [-0.15, -0.1) is 0 Å². The number of aryl methyl sites for hydroxylation is 3. The van der Waals surface area contributed by atoms with Crippen molar-refractivity contribution in [3.63, 3.8) is 0 Å². The van der Waals surface area contributed by atoms with E-state index in [1.54, 1.807) is 0 Å². The van der Waals surface area contributed by atoms with E-state index < -0.39 is 0 Å². The molecule has 1 heterocycles. The van der Waals surface area contributed by atoms with Crippen LogP contribution >= 0.6 is 0 Å². The molecule has 23 heavy (non-hydrogen) atoms. The first-order chi connectivity index (χ1) is 11.1. The summed E-state index contributed by atoms with van der Waals surface area (Å²) in [6.45, 7) is 5.93. The minimum Gasteiger partial charge on any atom is -0.399 e. The number of hydrogen-bond donors (Lipinski definition) is 2. The van der Waals surface area contributed by atoms with Gasteiger partial charge in [0.15, 0.2) is 0 Å². The second kappa shape index (κ2) is 6.42. The van der Waals surface area contributed by atoms with Crippen LogP contribution in [-0.2, 0) is 6.54 Å². The second-order valence-electron chi connectivity index (χ2n) is 6.13. The van der Waals surface area contributed by atoms with Crippen molar-refractivity contribution in [2.75, 3.05) is 12.3 Å². The van der Waals surface area contributed by atoms with Crippen molar-refractivity contribution < 1.29 is 0 Å². The average molecular weight is 308 g/mol. The summed E-state index contributed by atoms with van der Waals surface area (Å²) < 4.78 is 2.31. The molecule has 0 unspecified atom stereocenters. The fourth-order valence-electron chi connectivity index (χ4n) is 2.87. The van der Waals surface area contributed by atoms with Crippen LogP contribution in [0, 0.1) is 13.8 Å². The smallest absolute Gasteiger partial charge is 0.141 e. The molecule has 0 atom stereocenters. The van der Waals surface area contributed by atoms with E-state index in [1.165, 1.54) is 16.6 Å². The summed E-state index contributed by atoms with van der Waals surface area (Å²) in [7, 11) is 0. The normalized spacial score (nSPS) is 11.3. The highest BCUT2D eigenvalue weighted by Crippen LogP contribution is 2.28. The van der Waals surface area contributed by atoms with Crippen molar-refractivity contribution in [2.45, 2.75) is 33.2 Å². The molecule has 0 aliphatic rings. The van der Waals surface area contributed by atoms with Gasteiger partial charge < -0.3 is 16.0 Å². The molecule has 0 aliphatic carbocycles. The van der Waals surface area contributed by atoms with E-state index in [9.17, 15) is 0 Å². The predicted molar refractivity (Wildman–Crippen MR) is 97.3 cm³/mol. The minimum absolute atomic E-state index is 0.724. The third kappa shape index (κ3) is 3.08. The lowest BCUT2D eigenvalue weighted by Crippen LogP contribution is -2.05. The molecule has 4 N–H and O–H groups in total. The van der Waals surface area contributed by atoms with Crippen molar-refractivity contribution in [3.8, 4) is 11.4 Å². The first-order valence-electron chi connectivity index (χ1n) is 8.13. The Balaban J connectivity index is 2.14. The topological polar surface area (TPSA) is 69.9 Å². The third-order valence-electron chi connectivity index (χ3n) is 4.37. The molecular weight excluding hydrogens is 284 g/mol. The van der Waals surface area contributed by atoms with Gasteiger partial charge >= 0.3 is 0 Å². The van der Waals surface area contributed by atoms with E-state index in [1.807, 2.05) is 24.3 Å². The maximum absolute atomic E-state index is 5.81. The number of nitrogen functional groups attached to an aromatic ring is 1. The predicted octanol–water partition coefficient (Wildman–Crippen LogP) is 3.64. The molecule has 2 aromatic carbocycles. The van der Waals surface area contributed by atoms with Gasteiger partial charge in [0, 0.05) is 17.8 Å². The first kappa shape index (κ1) is 15.6. The summed E-state index contributed by atoms with van der Waals surface area (Å²) in [4.78, 5) is 4.88. The monoisotopic (exact) mass is 308 g/mol. The number of unbranched alkanes of at least 4 members (excludes halogenated alkanes) is 1. The van der Waals surface area contributed by atoms with Crippen molar-refractivity contribution in [2.24, 2.45) is 5.73 Å². The second-order valence-corrected chi connectivity index (χ2v) is 6.13. The van der Waals surface area contributed by atoms with E-state index in [-0.39, 0.29) is 0 Å². The van der Waals surface area contributed by atoms with Crippen LogP contribution in [0.3, 0.4) is 0 Å². The van der Waals surface area contributed by atoms with Gasteiger partial charge in [-0.25, -0.2) is 4.98 Å². The number of aromatic nitrogens is 2. The van der Waals surface area contributed by atoms with Crippen LogP contribution in [0.25, 0.3) is 22.4 Å². The molecule has 1 aromatic heterocycles. The zero-order valence-corrected chi connectivity index (χ0v) is 13.8. The summed E-state index contributed by atoms with van der Waals surface area (Å²) in [5.41, 5.74) is 18.1. The Labute approximate surface area is 137 Å². The largest absolute Gasteiger partial charge is 0.399 e. The van der Waals surface area contributed by atoms with Crippen LogP contribution in [0.4, 0.5) is 5.69 Å². The molecule has 0 saturated carbocycles. The summed E-state index contributed by atoms with van der Waals surface area (Å²) in [5.74, 6) is 1.00. The summed E-state index contributed by atoms with van der Waals surface area (Å²) in [6, 6.07) is 12.3. The van der Waals surface area contributed by atoms with Gasteiger partial charge in [-0.05, 0) is 80.8 Å². The van der Waals surface area contributed by atoms with E-state index in [0.29, 0.717) is 0 Å². The van der Waals surface area contributed by atoms with Gasteiger partial charge in [-0.2, -0.15) is 0 Å². The fraction of sp³-hybridized carbons (Fsp3) is 0.316. The molecule has 3 aromatic rings. The molecule has 0 spiro atoms. The van der Waals surface area contributed by atoms with E-state index in [0.717, 1.165) is 48.5 Å². The van der Waals surface area contributed by atoms with Crippen LogP contribution in [0.5, 0.6) is 0 Å². The number of imidazole rings is 1. The van der Waals surface area contributed by atoms with Crippen LogP contribution in [0.2, 0.25) is 0 Å². The molecule has 3 rings (SSSR count). The zero-order chi connectivity index (χ0) is 16.4. The highest BCUT2D eigenvalue weighted by molar-refractivity contribution is 5.82. The lowest BCUT2D eigenvalue weighted by atomic mass is 10.1. The average Bonchev–Trinajstić information content (AvgIpc) is 2.87. The highest BCUT2D eigenvalue weighted by Gasteiger charge is 2.13. The lowest BCUT2D eigenvalue weighted by Gasteiger charge is -2.10. The zero-order valence-electron chi connectivity index (χ0n) is 13.8. The standard InChI is InChI=1S/C19H24N4/c1-13-11-17-18(12-14(13)2)23(10-4-3-9-20)19(22-17)15-5-7-16(21)8-6-15/h5-8,11-12H,3-4,9-10,20-21H2,1-2H3. The molecule has 0 amide bonds. The van der Waals surface area contributed by atoms with Gasteiger partial charge in [0.25, 0.3) is 0 Å². The first-order valence-corrected chi connectivity index (χ1v) is 8.13. The number of nitrogens with zero attached hydrogens (tertiary/aromatic N) is 2. The van der Waals surface area contributed by atoms with Gasteiger partial charge in [0.2, 0.25) is 0 Å². The van der Waals surface area contributed by atoms with Crippen molar-refractivity contribution in [1.82, 2.24) is 9.55 Å². The molecule has 4 nitrogen and oxygen atoms in total. The number of rotatable bonds is 5. The lowest BCUT2D eigenvalue weighted by molar-refractivity contribution is 0.631. The Morgan fingerprint density at radius 2 is 1.70 bits per heavy atom. The Hall–Kier alpha value is -2.33. The number of benzene rings is 2. The van der Waals surface area contributed by atoms with E-state index >= 15 is 0 Å². The summed E-state index contributed by atoms with van der Waals surface area (Å²) in [6.07, 6.45) is 2.07. The Kier molecular flexibility index (Phi) is 4.35. The molecule has 0 radical (unpaired) electrons. The molecule has 0 saturated heterocycles. The number of hydrogen-bond acceptors (Lipinski definition) is 3. The van der Waals surface area contributed by atoms with E-state index in [4.69, 9.17) is 16.5 Å². The van der Waals surface area contributed by atoms with E-state index in [2.05, 4.69) is 30.5 Å². The van der Waals surface area contributed by atoms with Gasteiger partial charge in [-0.3, -0.25) is 0 Å². The quantitative estimate of drug-likeness (QED) is 0.558. The van der Waals surface area contributed by atoms with Gasteiger partial charge in [0.05, 0.1) is 11.0 Å². The summed E-state index contributed by atoms with van der Waals surface area (Å²) >= 11 is 0. The number of anilines is 1. The fourth-order valence-corrected chi connectivity index (χ4v) is 2.87. The molecule has 4 heteroatoms.